The lowest BCUT2D eigenvalue weighted by Gasteiger charge is -2.26. The van der Waals surface area contributed by atoms with Crippen molar-refractivity contribution in [3.05, 3.63) is 118 Å². The second-order valence-corrected chi connectivity index (χ2v) is 17.0. The average Bonchev–Trinajstić information content (AvgIpc) is 3.59. The summed E-state index contributed by atoms with van der Waals surface area (Å²) in [5.41, 5.74) is 10.8. The number of hydrogen-bond donors (Lipinski definition) is 0. The maximum atomic E-state index is 5.88. The van der Waals surface area contributed by atoms with E-state index in [4.69, 9.17) is 9.47 Å². The van der Waals surface area contributed by atoms with Crippen molar-refractivity contribution in [2.24, 2.45) is 0 Å². The van der Waals surface area contributed by atoms with Crippen molar-refractivity contribution in [3.63, 3.8) is 0 Å². The fourth-order valence-corrected chi connectivity index (χ4v) is 8.91. The van der Waals surface area contributed by atoms with E-state index in [0.717, 1.165) is 24.3 Å². The SMILES string of the molecule is CC(C)Oc1ccc(-c2cccc3c2C=C([Si](C)(C)C2=Cc4c(cccc4-c4ccc(OC(C)C)cc4)C2)C3)cc1. The van der Waals surface area contributed by atoms with Crippen LogP contribution in [-0.2, 0) is 12.8 Å². The van der Waals surface area contributed by atoms with E-state index in [-0.39, 0.29) is 12.2 Å². The Bertz CT molecular complexity index is 1510. The molecule has 0 heterocycles. The zero-order valence-corrected chi connectivity index (χ0v) is 26.1. The standard InChI is InChI=1S/C38H40O2Si/c1-25(2)39-31-17-13-27(14-18-31)35-11-7-9-29-21-33(23-37(29)35)41(5,6)34-22-30-10-8-12-36(38(30)24-34)28-15-19-32(20-16-28)40-26(3)4/h7-20,23-26H,21-22H2,1-6H3. The van der Waals surface area contributed by atoms with Gasteiger partial charge in [-0.3, -0.25) is 0 Å². The molecule has 0 fully saturated rings. The molecule has 6 rings (SSSR count). The van der Waals surface area contributed by atoms with Crippen LogP contribution < -0.4 is 9.47 Å². The van der Waals surface area contributed by atoms with Gasteiger partial charge in [0.2, 0.25) is 0 Å². The van der Waals surface area contributed by atoms with Crippen LogP contribution in [0.4, 0.5) is 0 Å². The Kier molecular flexibility index (Phi) is 7.25. The van der Waals surface area contributed by atoms with Crippen LogP contribution in [0.5, 0.6) is 11.5 Å². The molecule has 0 aromatic heterocycles. The molecule has 4 aromatic rings. The van der Waals surface area contributed by atoms with Crippen molar-refractivity contribution < 1.29 is 9.47 Å². The second kappa shape index (κ2) is 10.9. The van der Waals surface area contributed by atoms with Gasteiger partial charge < -0.3 is 9.47 Å². The molecule has 0 atom stereocenters. The zero-order valence-electron chi connectivity index (χ0n) is 25.1. The molecule has 41 heavy (non-hydrogen) atoms. The van der Waals surface area contributed by atoms with E-state index < -0.39 is 8.07 Å². The molecular formula is C38H40O2Si. The molecule has 2 aliphatic carbocycles. The summed E-state index contributed by atoms with van der Waals surface area (Å²) in [4.78, 5) is 0. The van der Waals surface area contributed by atoms with Crippen molar-refractivity contribution in [1.82, 2.24) is 0 Å². The van der Waals surface area contributed by atoms with E-state index in [9.17, 15) is 0 Å². The first-order chi connectivity index (χ1) is 19.7. The molecule has 2 nitrogen and oxygen atoms in total. The molecule has 0 unspecified atom stereocenters. The molecule has 0 radical (unpaired) electrons. The smallest absolute Gasteiger partial charge is 0.119 e. The second-order valence-electron chi connectivity index (χ2n) is 12.5. The van der Waals surface area contributed by atoms with Crippen LogP contribution in [0.25, 0.3) is 34.4 Å². The average molecular weight is 557 g/mol. The van der Waals surface area contributed by atoms with Gasteiger partial charge in [-0.25, -0.2) is 0 Å². The van der Waals surface area contributed by atoms with Crippen LogP contribution in [0, 0.1) is 0 Å². The van der Waals surface area contributed by atoms with Gasteiger partial charge in [0.1, 0.15) is 19.6 Å². The monoisotopic (exact) mass is 556 g/mol. The largest absolute Gasteiger partial charge is 0.491 e. The quantitative estimate of drug-likeness (QED) is 0.201. The van der Waals surface area contributed by atoms with Crippen LogP contribution >= 0.6 is 0 Å². The zero-order chi connectivity index (χ0) is 28.7. The molecular weight excluding hydrogens is 517 g/mol. The van der Waals surface area contributed by atoms with Gasteiger partial charge in [0.25, 0.3) is 0 Å². The molecule has 0 amide bonds. The highest BCUT2D eigenvalue weighted by atomic mass is 28.3. The highest BCUT2D eigenvalue weighted by molar-refractivity contribution is 6.92. The van der Waals surface area contributed by atoms with Crippen LogP contribution in [0.3, 0.4) is 0 Å². The lowest BCUT2D eigenvalue weighted by atomic mass is 9.97. The molecule has 208 valence electrons. The first-order valence-electron chi connectivity index (χ1n) is 14.9. The van der Waals surface area contributed by atoms with E-state index in [0.29, 0.717) is 0 Å². The van der Waals surface area contributed by atoms with E-state index in [1.54, 1.807) is 10.4 Å². The summed E-state index contributed by atoms with van der Waals surface area (Å²) in [7, 11) is -1.85. The van der Waals surface area contributed by atoms with Crippen molar-refractivity contribution in [1.29, 1.82) is 0 Å². The van der Waals surface area contributed by atoms with Gasteiger partial charge in [0.05, 0.1) is 12.2 Å². The van der Waals surface area contributed by atoms with Crippen molar-refractivity contribution in [3.8, 4) is 33.8 Å². The maximum Gasteiger partial charge on any atom is 0.119 e. The molecule has 3 heteroatoms. The van der Waals surface area contributed by atoms with Gasteiger partial charge in [-0.1, -0.05) is 96.3 Å². The number of ether oxygens (including phenoxy) is 2. The van der Waals surface area contributed by atoms with Gasteiger partial charge >= 0.3 is 0 Å². The van der Waals surface area contributed by atoms with E-state index in [2.05, 4.69) is 138 Å². The fourth-order valence-electron chi connectivity index (χ4n) is 6.22. The topological polar surface area (TPSA) is 18.5 Å². The third-order valence-corrected chi connectivity index (χ3v) is 12.3. The molecule has 0 saturated carbocycles. The predicted octanol–water partition coefficient (Wildman–Crippen LogP) is 9.96. The van der Waals surface area contributed by atoms with Gasteiger partial charge in [-0.2, -0.15) is 0 Å². The first kappa shape index (κ1) is 27.4. The fraction of sp³-hybridized carbons (Fsp3) is 0.263. The Labute approximate surface area is 246 Å². The lowest BCUT2D eigenvalue weighted by molar-refractivity contribution is 0.242. The summed E-state index contributed by atoms with van der Waals surface area (Å²) >= 11 is 0. The Hall–Kier alpha value is -3.82. The molecule has 0 saturated heterocycles. The van der Waals surface area contributed by atoms with Crippen molar-refractivity contribution >= 4 is 20.2 Å². The molecule has 2 aliphatic rings. The Morgan fingerprint density at radius 2 is 0.927 bits per heavy atom. The van der Waals surface area contributed by atoms with E-state index in [1.807, 2.05) is 0 Å². The minimum Gasteiger partial charge on any atom is -0.491 e. The Morgan fingerprint density at radius 1 is 0.537 bits per heavy atom. The number of benzene rings is 4. The summed E-state index contributed by atoms with van der Waals surface area (Å²) in [6.45, 7) is 13.3. The van der Waals surface area contributed by atoms with Gasteiger partial charge in [0, 0.05) is 0 Å². The number of fused-ring (bicyclic) bond motifs is 2. The van der Waals surface area contributed by atoms with Crippen LogP contribution in [0.2, 0.25) is 13.1 Å². The number of rotatable bonds is 8. The van der Waals surface area contributed by atoms with Crippen LogP contribution in [0.15, 0.2) is 95.3 Å². The summed E-state index contributed by atoms with van der Waals surface area (Å²) < 4.78 is 11.8. The first-order valence-corrected chi connectivity index (χ1v) is 17.9. The van der Waals surface area contributed by atoms with Gasteiger partial charge in [0.15, 0.2) is 0 Å². The highest BCUT2D eigenvalue weighted by Crippen LogP contribution is 2.43. The van der Waals surface area contributed by atoms with Crippen molar-refractivity contribution in [2.75, 3.05) is 0 Å². The molecule has 0 bridgehead atoms. The third kappa shape index (κ3) is 5.43. The summed E-state index contributed by atoms with van der Waals surface area (Å²) in [6, 6.07) is 30.7. The third-order valence-electron chi connectivity index (χ3n) is 8.47. The lowest BCUT2D eigenvalue weighted by Crippen LogP contribution is -2.32. The summed E-state index contributed by atoms with van der Waals surface area (Å²) in [5.74, 6) is 1.85. The molecule has 0 aliphatic heterocycles. The predicted molar refractivity (Wildman–Crippen MR) is 176 cm³/mol. The van der Waals surface area contributed by atoms with E-state index in [1.165, 1.54) is 44.5 Å². The van der Waals surface area contributed by atoms with Gasteiger partial charge in [-0.05, 0) is 109 Å². The molecule has 0 N–H and O–H groups in total. The Balaban J connectivity index is 1.29. The van der Waals surface area contributed by atoms with Crippen LogP contribution in [0.1, 0.15) is 49.9 Å². The van der Waals surface area contributed by atoms with Crippen molar-refractivity contribution in [2.45, 2.75) is 65.8 Å². The summed E-state index contributed by atoms with van der Waals surface area (Å²) in [5, 5.41) is 3.24. The Morgan fingerprint density at radius 3 is 1.29 bits per heavy atom. The minimum atomic E-state index is -1.85. The molecule has 4 aromatic carbocycles. The van der Waals surface area contributed by atoms with Crippen LogP contribution in [-0.4, -0.2) is 20.3 Å². The number of allylic oxidation sites excluding steroid dienone is 2. The normalized spacial score (nSPS) is 14.1. The maximum absolute atomic E-state index is 5.88. The summed E-state index contributed by atoms with van der Waals surface area (Å²) in [6.07, 6.45) is 7.50. The molecule has 0 spiro atoms. The number of hydrogen-bond acceptors (Lipinski definition) is 2. The van der Waals surface area contributed by atoms with Gasteiger partial charge in [-0.15, -0.1) is 0 Å². The van der Waals surface area contributed by atoms with E-state index >= 15 is 0 Å². The highest BCUT2D eigenvalue weighted by Gasteiger charge is 2.36. The minimum absolute atomic E-state index is 0.177.